The van der Waals surface area contributed by atoms with Gasteiger partial charge in [0.1, 0.15) is 11.9 Å². The van der Waals surface area contributed by atoms with Crippen LogP contribution in [-0.2, 0) is 4.74 Å². The van der Waals surface area contributed by atoms with Gasteiger partial charge < -0.3 is 29.4 Å². The Labute approximate surface area is 251 Å². The number of hydrogen-bond donors (Lipinski definition) is 2. The maximum absolute atomic E-state index is 14.2. The van der Waals surface area contributed by atoms with Crippen LogP contribution in [0.1, 0.15) is 48.6 Å². The Balaban J connectivity index is 1.22. The zero-order valence-electron chi connectivity index (χ0n) is 24.5. The summed E-state index contributed by atoms with van der Waals surface area (Å²) in [5, 5.41) is 19.5. The smallest absolute Gasteiger partial charge is 0.335 e. The lowest BCUT2D eigenvalue weighted by Gasteiger charge is -2.41. The summed E-state index contributed by atoms with van der Waals surface area (Å²) in [6.45, 7) is 2.50. The molecule has 0 bridgehead atoms. The first-order valence-electron chi connectivity index (χ1n) is 15.0. The predicted molar refractivity (Wildman–Crippen MR) is 161 cm³/mol. The number of methoxy groups -OCH3 is 1. The molecule has 2 aliphatic rings. The highest BCUT2D eigenvalue weighted by Gasteiger charge is 2.42. The average molecular weight is 586 g/mol. The summed E-state index contributed by atoms with van der Waals surface area (Å²) in [5.41, 5.74) is 1.89. The number of carbonyl (C=O) groups excluding carboxylic acids is 1. The number of imidazole rings is 1. The van der Waals surface area contributed by atoms with Crippen LogP contribution >= 0.6 is 0 Å². The van der Waals surface area contributed by atoms with Crippen LogP contribution in [0.3, 0.4) is 0 Å². The molecular formula is C32H39N7O4. The van der Waals surface area contributed by atoms with Gasteiger partial charge in [-0.05, 0) is 25.0 Å². The number of carbonyl (C=O) groups is 1. The molecule has 3 heterocycles. The van der Waals surface area contributed by atoms with Crippen molar-refractivity contribution in [2.45, 2.75) is 49.8 Å². The van der Waals surface area contributed by atoms with E-state index in [9.17, 15) is 9.90 Å². The fourth-order valence-corrected chi connectivity index (χ4v) is 6.38. The fourth-order valence-electron chi connectivity index (χ4n) is 6.38. The van der Waals surface area contributed by atoms with Crippen molar-refractivity contribution in [1.29, 1.82) is 0 Å². The molecule has 1 saturated heterocycles. The molecule has 1 saturated carbocycles. The Morgan fingerprint density at radius 3 is 2.65 bits per heavy atom. The monoisotopic (exact) mass is 585 g/mol. The van der Waals surface area contributed by atoms with Gasteiger partial charge in [-0.1, -0.05) is 61.4 Å². The second-order valence-corrected chi connectivity index (χ2v) is 11.3. The Morgan fingerprint density at radius 1 is 1.07 bits per heavy atom. The Kier molecular flexibility index (Phi) is 8.82. The zero-order chi connectivity index (χ0) is 29.6. The van der Waals surface area contributed by atoms with E-state index in [0.29, 0.717) is 50.8 Å². The number of nitrogens with zero attached hydrogens (tertiary/aromatic N) is 6. The highest BCUT2D eigenvalue weighted by Crippen LogP contribution is 2.41. The van der Waals surface area contributed by atoms with Gasteiger partial charge in [0.15, 0.2) is 5.69 Å². The molecule has 2 N–H and O–H groups in total. The standard InChI is InChI=1S/C32H39N7O4/c1-42-21-32(41)16-9-8-14-27(32)38-22-34-28(29(38)24-10-4-2-5-11-24)30(40)37-18-17-33-20-26(37)15-19-43-31-35-23-39(36-31)25-12-6-3-7-13-25/h2-7,10-13,22-23,26-27,33,41H,8-9,14-21H2,1H3/t26-,27-,32-/m1/s1. The molecule has 1 amide bonds. The summed E-state index contributed by atoms with van der Waals surface area (Å²) in [6.07, 6.45) is 7.31. The van der Waals surface area contributed by atoms with Crippen molar-refractivity contribution in [2.75, 3.05) is 40.0 Å². The Hall–Kier alpha value is -4.06. The highest BCUT2D eigenvalue weighted by atomic mass is 16.5. The number of hydrogen-bond acceptors (Lipinski definition) is 8. The van der Waals surface area contributed by atoms with Crippen molar-refractivity contribution < 1.29 is 19.4 Å². The van der Waals surface area contributed by atoms with Crippen LogP contribution in [0, 0.1) is 0 Å². The third-order valence-electron chi connectivity index (χ3n) is 8.52. The minimum Gasteiger partial charge on any atom is -0.462 e. The molecule has 4 aromatic rings. The van der Waals surface area contributed by atoms with Gasteiger partial charge in [-0.2, -0.15) is 4.98 Å². The minimum atomic E-state index is -1.03. The molecule has 2 aromatic heterocycles. The summed E-state index contributed by atoms with van der Waals surface area (Å²) in [6, 6.07) is 19.6. The number of para-hydroxylation sites is 1. The Morgan fingerprint density at radius 2 is 1.86 bits per heavy atom. The van der Waals surface area contributed by atoms with Crippen molar-refractivity contribution in [1.82, 2.24) is 34.5 Å². The molecule has 1 aliphatic heterocycles. The van der Waals surface area contributed by atoms with Crippen LogP contribution in [0.25, 0.3) is 16.9 Å². The van der Waals surface area contributed by atoms with Gasteiger partial charge in [0.05, 0.1) is 37.0 Å². The molecule has 43 heavy (non-hydrogen) atoms. The molecule has 1 aliphatic carbocycles. The van der Waals surface area contributed by atoms with Crippen LogP contribution < -0.4 is 10.1 Å². The fraction of sp³-hybridized carbons (Fsp3) is 0.438. The summed E-state index contributed by atoms with van der Waals surface area (Å²) in [5.74, 6) is -0.123. The van der Waals surface area contributed by atoms with Gasteiger partial charge in [-0.25, -0.2) is 9.67 Å². The van der Waals surface area contributed by atoms with Crippen molar-refractivity contribution >= 4 is 5.91 Å². The van der Waals surface area contributed by atoms with E-state index in [0.717, 1.165) is 36.2 Å². The molecule has 2 fully saturated rings. The average Bonchev–Trinajstić information content (AvgIpc) is 3.70. The lowest BCUT2D eigenvalue weighted by atomic mass is 9.80. The zero-order valence-corrected chi connectivity index (χ0v) is 24.5. The normalized spacial score (nSPS) is 22.4. The van der Waals surface area contributed by atoms with E-state index in [4.69, 9.17) is 14.5 Å². The van der Waals surface area contributed by atoms with Crippen molar-refractivity contribution in [3.05, 3.63) is 79.0 Å². The van der Waals surface area contributed by atoms with Crippen LogP contribution in [0.2, 0.25) is 0 Å². The van der Waals surface area contributed by atoms with Gasteiger partial charge in [-0.3, -0.25) is 4.79 Å². The van der Waals surface area contributed by atoms with Gasteiger partial charge >= 0.3 is 6.01 Å². The maximum atomic E-state index is 14.2. The molecule has 3 atom stereocenters. The van der Waals surface area contributed by atoms with Crippen LogP contribution in [0.4, 0.5) is 0 Å². The molecule has 0 unspecified atom stereocenters. The molecular weight excluding hydrogens is 546 g/mol. The number of ether oxygens (including phenoxy) is 2. The number of aromatic nitrogens is 5. The quantitative estimate of drug-likeness (QED) is 0.290. The largest absolute Gasteiger partial charge is 0.462 e. The van der Waals surface area contributed by atoms with Crippen molar-refractivity contribution in [3.8, 4) is 23.0 Å². The number of piperazine rings is 1. The third-order valence-corrected chi connectivity index (χ3v) is 8.52. The van der Waals surface area contributed by atoms with Crippen molar-refractivity contribution in [2.24, 2.45) is 0 Å². The second kappa shape index (κ2) is 13.1. The first-order valence-corrected chi connectivity index (χ1v) is 15.0. The number of benzene rings is 2. The number of aliphatic hydroxyl groups is 1. The van der Waals surface area contributed by atoms with E-state index in [1.54, 1.807) is 24.4 Å². The van der Waals surface area contributed by atoms with Crippen molar-refractivity contribution in [3.63, 3.8) is 0 Å². The number of amides is 1. The number of rotatable bonds is 10. The summed E-state index contributed by atoms with van der Waals surface area (Å²) in [7, 11) is 1.61. The lowest BCUT2D eigenvalue weighted by Crippen LogP contribution is -2.54. The first kappa shape index (κ1) is 29.0. The summed E-state index contributed by atoms with van der Waals surface area (Å²) < 4.78 is 15.0. The van der Waals surface area contributed by atoms with Crippen LogP contribution in [0.15, 0.2) is 73.3 Å². The van der Waals surface area contributed by atoms with Gasteiger partial charge in [0, 0.05) is 44.8 Å². The molecule has 6 rings (SSSR count). The van der Waals surface area contributed by atoms with E-state index in [2.05, 4.69) is 15.4 Å². The van der Waals surface area contributed by atoms with Gasteiger partial charge in [0.25, 0.3) is 5.91 Å². The van der Waals surface area contributed by atoms with Gasteiger partial charge in [-0.15, -0.1) is 5.10 Å². The molecule has 0 spiro atoms. The van der Waals surface area contributed by atoms with E-state index in [-0.39, 0.29) is 24.6 Å². The topological polar surface area (TPSA) is 120 Å². The highest BCUT2D eigenvalue weighted by molar-refractivity contribution is 5.98. The Bertz CT molecular complexity index is 1490. The maximum Gasteiger partial charge on any atom is 0.335 e. The third kappa shape index (κ3) is 6.20. The molecule has 11 nitrogen and oxygen atoms in total. The first-order chi connectivity index (χ1) is 21.1. The molecule has 226 valence electrons. The predicted octanol–water partition coefficient (Wildman–Crippen LogP) is 3.51. The van der Waals surface area contributed by atoms with E-state index in [1.807, 2.05) is 70.1 Å². The van der Waals surface area contributed by atoms with E-state index in [1.165, 1.54) is 0 Å². The molecule has 0 radical (unpaired) electrons. The SMILES string of the molecule is COC[C@]1(O)CCCC[C@H]1n1cnc(C(=O)N2CCNC[C@H]2CCOc2ncn(-c3ccccc3)n2)c1-c1ccccc1. The molecule has 11 heteroatoms. The number of nitrogens with one attached hydrogen (secondary N) is 1. The van der Waals surface area contributed by atoms with E-state index < -0.39 is 5.60 Å². The van der Waals surface area contributed by atoms with Crippen LogP contribution in [-0.4, -0.2) is 91.8 Å². The van der Waals surface area contributed by atoms with Gasteiger partial charge in [0.2, 0.25) is 0 Å². The minimum absolute atomic E-state index is 0.0914. The summed E-state index contributed by atoms with van der Waals surface area (Å²) in [4.78, 5) is 25.1. The lowest BCUT2D eigenvalue weighted by molar-refractivity contribution is -0.0893. The summed E-state index contributed by atoms with van der Waals surface area (Å²) >= 11 is 0. The molecule has 2 aromatic carbocycles. The second-order valence-electron chi connectivity index (χ2n) is 11.3. The van der Waals surface area contributed by atoms with Crippen LogP contribution in [0.5, 0.6) is 6.01 Å². The van der Waals surface area contributed by atoms with E-state index >= 15 is 0 Å².